The molecular formula is C31H30Br2N4O2. The van der Waals surface area contributed by atoms with E-state index >= 15 is 0 Å². The average molecular weight is 650 g/mol. The van der Waals surface area contributed by atoms with Gasteiger partial charge in [0.2, 0.25) is 23.6 Å². The topological polar surface area (TPSA) is 77.8 Å². The highest BCUT2D eigenvalue weighted by Crippen LogP contribution is 2.39. The van der Waals surface area contributed by atoms with Crippen LogP contribution in [0.1, 0.15) is 59.1 Å². The molecule has 0 unspecified atom stereocenters. The van der Waals surface area contributed by atoms with Gasteiger partial charge in [0.25, 0.3) is 0 Å². The number of benzene rings is 3. The van der Waals surface area contributed by atoms with Crippen LogP contribution < -0.4 is 0 Å². The lowest BCUT2D eigenvalue weighted by Gasteiger charge is -2.23. The van der Waals surface area contributed by atoms with E-state index in [0.717, 1.165) is 37.6 Å². The van der Waals surface area contributed by atoms with E-state index in [1.165, 1.54) is 11.1 Å². The van der Waals surface area contributed by atoms with E-state index in [-0.39, 0.29) is 10.8 Å². The summed E-state index contributed by atoms with van der Waals surface area (Å²) in [5, 5.41) is 17.2. The van der Waals surface area contributed by atoms with E-state index in [1.807, 2.05) is 36.4 Å². The molecule has 200 valence electrons. The molecule has 0 spiro atoms. The molecule has 0 N–H and O–H groups in total. The summed E-state index contributed by atoms with van der Waals surface area (Å²) in [5.74, 6) is 1.75. The van der Waals surface area contributed by atoms with Crippen LogP contribution in [0.3, 0.4) is 0 Å². The van der Waals surface area contributed by atoms with Crippen LogP contribution in [-0.4, -0.2) is 20.4 Å². The van der Waals surface area contributed by atoms with Gasteiger partial charge in [0.15, 0.2) is 0 Å². The molecule has 0 amide bonds. The summed E-state index contributed by atoms with van der Waals surface area (Å²) in [7, 11) is 0. The van der Waals surface area contributed by atoms with E-state index in [1.54, 1.807) is 0 Å². The first kappa shape index (κ1) is 27.5. The third-order valence-electron chi connectivity index (χ3n) is 7.16. The van der Waals surface area contributed by atoms with Crippen molar-refractivity contribution < 1.29 is 8.83 Å². The number of rotatable bonds is 6. The Balaban J connectivity index is 1.39. The van der Waals surface area contributed by atoms with Gasteiger partial charge in [0, 0.05) is 20.1 Å². The Labute approximate surface area is 245 Å². The van der Waals surface area contributed by atoms with Gasteiger partial charge in [-0.15, -0.1) is 20.4 Å². The van der Waals surface area contributed by atoms with Crippen molar-refractivity contribution in [2.45, 2.75) is 58.8 Å². The number of nitrogens with zero attached hydrogens (tertiary/aromatic N) is 4. The third kappa shape index (κ3) is 5.63. The Morgan fingerprint density at radius 3 is 1.36 bits per heavy atom. The highest BCUT2D eigenvalue weighted by molar-refractivity contribution is 9.11. The van der Waals surface area contributed by atoms with Crippen molar-refractivity contribution in [3.8, 4) is 45.8 Å². The summed E-state index contributed by atoms with van der Waals surface area (Å²) in [6.45, 7) is 13.2. The first-order valence-corrected chi connectivity index (χ1v) is 14.4. The van der Waals surface area contributed by atoms with Gasteiger partial charge >= 0.3 is 0 Å². The van der Waals surface area contributed by atoms with Gasteiger partial charge in [0.1, 0.15) is 0 Å². The first-order valence-electron chi connectivity index (χ1n) is 12.8. The van der Waals surface area contributed by atoms with Crippen molar-refractivity contribution in [2.24, 2.45) is 0 Å². The highest BCUT2D eigenvalue weighted by Gasteiger charge is 2.21. The fourth-order valence-electron chi connectivity index (χ4n) is 4.15. The van der Waals surface area contributed by atoms with E-state index in [4.69, 9.17) is 8.83 Å². The summed E-state index contributed by atoms with van der Waals surface area (Å²) in [6.07, 6.45) is 1.06. The first-order chi connectivity index (χ1) is 18.5. The summed E-state index contributed by atoms with van der Waals surface area (Å²) in [5.41, 5.74) is 5.98. The summed E-state index contributed by atoms with van der Waals surface area (Å²) in [4.78, 5) is 0. The minimum Gasteiger partial charge on any atom is -0.416 e. The van der Waals surface area contributed by atoms with Gasteiger partial charge < -0.3 is 8.83 Å². The minimum absolute atomic E-state index is 0.0764. The van der Waals surface area contributed by atoms with Crippen molar-refractivity contribution in [2.75, 3.05) is 0 Å². The van der Waals surface area contributed by atoms with Crippen molar-refractivity contribution in [1.29, 1.82) is 0 Å². The Morgan fingerprint density at radius 1 is 0.590 bits per heavy atom. The van der Waals surface area contributed by atoms with E-state index in [0.29, 0.717) is 23.6 Å². The van der Waals surface area contributed by atoms with Crippen molar-refractivity contribution >= 4 is 31.9 Å². The molecule has 0 saturated carbocycles. The largest absolute Gasteiger partial charge is 0.416 e. The molecule has 0 aliphatic carbocycles. The van der Waals surface area contributed by atoms with Crippen molar-refractivity contribution in [3.05, 3.63) is 80.7 Å². The quantitative estimate of drug-likeness (QED) is 0.182. The molecule has 0 aliphatic rings. The lowest BCUT2D eigenvalue weighted by atomic mass is 9.82. The molecule has 0 atom stereocenters. The van der Waals surface area contributed by atoms with Gasteiger partial charge in [0.05, 0.1) is 11.1 Å². The van der Waals surface area contributed by atoms with Gasteiger partial charge in [-0.1, -0.05) is 65.8 Å². The zero-order chi connectivity index (χ0) is 27.9. The normalized spacial score (nSPS) is 12.2. The molecule has 39 heavy (non-hydrogen) atoms. The maximum Gasteiger partial charge on any atom is 0.249 e. The van der Waals surface area contributed by atoms with Crippen LogP contribution in [0, 0.1) is 0 Å². The lowest BCUT2D eigenvalue weighted by Crippen LogP contribution is -2.14. The molecule has 8 heteroatoms. The SMILES string of the molecule is CCC(C)(C)c1ccc(-c2nnc(-c3cc(Br)c(-c4nnc(-c5ccc(C(C)(C)C)cc5)o4)cc3Br)o2)cc1. The molecule has 0 bridgehead atoms. The fourth-order valence-corrected chi connectivity index (χ4v) is 5.18. The molecule has 0 aliphatic heterocycles. The molecule has 2 aromatic heterocycles. The van der Waals surface area contributed by atoms with Crippen LogP contribution in [-0.2, 0) is 10.8 Å². The number of halogens is 2. The maximum atomic E-state index is 6.06. The standard InChI is InChI=1S/C31H30Br2N4O2/c1-7-31(5,6)21-14-10-19(11-15-21)27-35-37-29(39-27)23-17-24(32)22(16-25(23)33)28-36-34-26(38-28)18-8-12-20(13-9-18)30(2,3)4/h8-17H,7H2,1-6H3. The number of aromatic nitrogens is 4. The maximum absolute atomic E-state index is 6.06. The van der Waals surface area contributed by atoms with Crippen LogP contribution in [0.25, 0.3) is 45.8 Å². The van der Waals surface area contributed by atoms with Gasteiger partial charge in [-0.25, -0.2) is 0 Å². The molecule has 0 radical (unpaired) electrons. The number of hydrogen-bond donors (Lipinski definition) is 0. The van der Waals surface area contributed by atoms with Crippen LogP contribution in [0.4, 0.5) is 0 Å². The summed E-state index contributed by atoms with van der Waals surface area (Å²) >= 11 is 7.32. The molecule has 0 fully saturated rings. The van der Waals surface area contributed by atoms with Crippen LogP contribution in [0.2, 0.25) is 0 Å². The molecular weight excluding hydrogens is 620 g/mol. The average Bonchev–Trinajstić information content (AvgIpc) is 3.60. The van der Waals surface area contributed by atoms with E-state index < -0.39 is 0 Å². The molecule has 0 saturated heterocycles. The Bertz CT molecular complexity index is 1610. The second-order valence-corrected chi connectivity index (χ2v) is 13.0. The van der Waals surface area contributed by atoms with Crippen molar-refractivity contribution in [1.82, 2.24) is 20.4 Å². The second-order valence-electron chi connectivity index (χ2n) is 11.3. The predicted octanol–water partition coefficient (Wildman–Crippen LogP) is 9.63. The Kier molecular flexibility index (Phi) is 7.37. The van der Waals surface area contributed by atoms with Gasteiger partial charge in [-0.3, -0.25) is 0 Å². The third-order valence-corrected chi connectivity index (χ3v) is 8.47. The lowest BCUT2D eigenvalue weighted by molar-refractivity contribution is 0.506. The molecule has 3 aromatic carbocycles. The van der Waals surface area contributed by atoms with E-state index in [2.05, 4.69) is 118 Å². The second kappa shape index (κ2) is 10.5. The molecule has 5 aromatic rings. The fraction of sp³-hybridized carbons (Fsp3) is 0.290. The van der Waals surface area contributed by atoms with Gasteiger partial charge in [-0.05, 0) is 96.6 Å². The molecule has 6 nitrogen and oxygen atoms in total. The van der Waals surface area contributed by atoms with E-state index in [9.17, 15) is 0 Å². The monoisotopic (exact) mass is 648 g/mol. The predicted molar refractivity (Wildman–Crippen MR) is 161 cm³/mol. The van der Waals surface area contributed by atoms with Crippen LogP contribution in [0.15, 0.2) is 78.4 Å². The molecule has 2 heterocycles. The summed E-state index contributed by atoms with van der Waals surface area (Å²) < 4.78 is 13.6. The number of hydrogen-bond acceptors (Lipinski definition) is 6. The Morgan fingerprint density at radius 2 is 0.974 bits per heavy atom. The zero-order valence-corrected chi connectivity index (χ0v) is 26.0. The smallest absolute Gasteiger partial charge is 0.249 e. The van der Waals surface area contributed by atoms with Crippen molar-refractivity contribution in [3.63, 3.8) is 0 Å². The van der Waals surface area contributed by atoms with Crippen LogP contribution >= 0.6 is 31.9 Å². The van der Waals surface area contributed by atoms with Gasteiger partial charge in [-0.2, -0.15) is 0 Å². The molecule has 5 rings (SSSR count). The summed E-state index contributed by atoms with van der Waals surface area (Å²) in [6, 6.07) is 20.3. The minimum atomic E-state index is 0.0764. The van der Waals surface area contributed by atoms with Crippen LogP contribution in [0.5, 0.6) is 0 Å². The zero-order valence-electron chi connectivity index (χ0n) is 22.8. The highest BCUT2D eigenvalue weighted by atomic mass is 79.9. The Hall–Kier alpha value is -3.10.